The molecule has 0 spiro atoms. The highest BCUT2D eigenvalue weighted by atomic mass is 35.5. The average molecular weight is 386 g/mol. The molecule has 1 aromatic carbocycles. The number of amides is 2. The molecule has 7 heteroatoms. The number of carbonyl (C=O) groups excluding carboxylic acids is 2. The molecule has 27 heavy (non-hydrogen) atoms. The zero-order chi connectivity index (χ0) is 19.0. The molecule has 4 rings (SSSR count). The Hall–Kier alpha value is -2.73. The predicted molar refractivity (Wildman–Crippen MR) is 103 cm³/mol. The highest BCUT2D eigenvalue weighted by molar-refractivity contribution is 6.35. The van der Waals surface area contributed by atoms with Crippen LogP contribution in [0.15, 0.2) is 41.2 Å². The molecule has 2 amide bonds. The highest BCUT2D eigenvalue weighted by Gasteiger charge is 2.26. The van der Waals surface area contributed by atoms with Crippen molar-refractivity contribution in [3.63, 3.8) is 0 Å². The third-order valence-electron chi connectivity index (χ3n) is 5.16. The number of halogens is 1. The molecule has 1 aliphatic rings. The van der Waals surface area contributed by atoms with Crippen molar-refractivity contribution in [3.05, 3.63) is 58.6 Å². The van der Waals surface area contributed by atoms with E-state index >= 15 is 0 Å². The monoisotopic (exact) mass is 385 g/mol. The number of aromatic nitrogens is 1. The zero-order valence-corrected chi connectivity index (χ0v) is 15.7. The summed E-state index contributed by atoms with van der Waals surface area (Å²) in [5.74, 6) is -0.172. The first-order chi connectivity index (χ1) is 13.0. The van der Waals surface area contributed by atoms with E-state index in [1.165, 1.54) is 12.5 Å². The van der Waals surface area contributed by atoms with E-state index in [-0.39, 0.29) is 17.9 Å². The SMILES string of the molecule is Cc1c(C(=O)NC2CCN(C(=O)c3ccoc3)CC2)[nH]c2c(Cl)cccc12. The van der Waals surface area contributed by atoms with E-state index in [9.17, 15) is 9.59 Å². The maximum Gasteiger partial charge on any atom is 0.268 e. The molecule has 0 bridgehead atoms. The van der Waals surface area contributed by atoms with Crippen LogP contribution in [0.5, 0.6) is 0 Å². The van der Waals surface area contributed by atoms with Gasteiger partial charge in [-0.2, -0.15) is 0 Å². The first-order valence-corrected chi connectivity index (χ1v) is 9.31. The van der Waals surface area contributed by atoms with Gasteiger partial charge in [0.2, 0.25) is 0 Å². The van der Waals surface area contributed by atoms with Crippen LogP contribution in [0.2, 0.25) is 5.02 Å². The Labute approximate surface area is 161 Å². The van der Waals surface area contributed by atoms with Crippen molar-refractivity contribution >= 4 is 34.3 Å². The van der Waals surface area contributed by atoms with Gasteiger partial charge in [0.25, 0.3) is 11.8 Å². The summed E-state index contributed by atoms with van der Waals surface area (Å²) in [5, 5.41) is 4.63. The second kappa shape index (κ2) is 7.12. The van der Waals surface area contributed by atoms with Crippen molar-refractivity contribution in [1.29, 1.82) is 0 Å². The smallest absolute Gasteiger partial charge is 0.268 e. The van der Waals surface area contributed by atoms with Crippen LogP contribution in [0.1, 0.15) is 39.3 Å². The zero-order valence-electron chi connectivity index (χ0n) is 14.9. The van der Waals surface area contributed by atoms with E-state index in [0.29, 0.717) is 29.4 Å². The van der Waals surface area contributed by atoms with Crippen LogP contribution in [0.25, 0.3) is 10.9 Å². The number of likely N-dealkylation sites (tertiary alicyclic amines) is 1. The molecule has 0 atom stereocenters. The summed E-state index contributed by atoms with van der Waals surface area (Å²) in [6.07, 6.45) is 4.39. The summed E-state index contributed by atoms with van der Waals surface area (Å²) in [4.78, 5) is 30.0. The summed E-state index contributed by atoms with van der Waals surface area (Å²) in [6.45, 7) is 3.12. The van der Waals surface area contributed by atoms with Crippen molar-refractivity contribution < 1.29 is 14.0 Å². The molecule has 0 radical (unpaired) electrons. The number of hydrogen-bond acceptors (Lipinski definition) is 3. The van der Waals surface area contributed by atoms with E-state index < -0.39 is 0 Å². The van der Waals surface area contributed by atoms with E-state index in [0.717, 1.165) is 29.3 Å². The van der Waals surface area contributed by atoms with Crippen molar-refractivity contribution in [2.75, 3.05) is 13.1 Å². The Morgan fingerprint density at radius 1 is 1.26 bits per heavy atom. The van der Waals surface area contributed by atoms with Crippen LogP contribution in [-0.4, -0.2) is 40.8 Å². The molecular formula is C20H20ClN3O3. The molecule has 0 saturated carbocycles. The number of para-hydroxylation sites is 1. The Bertz CT molecular complexity index is 985. The molecule has 3 aromatic rings. The predicted octanol–water partition coefficient (Wildman–Crippen LogP) is 3.76. The Morgan fingerprint density at radius 3 is 2.70 bits per heavy atom. The van der Waals surface area contributed by atoms with E-state index in [2.05, 4.69) is 10.3 Å². The second-order valence-corrected chi connectivity index (χ2v) is 7.25. The Balaban J connectivity index is 1.41. The fourth-order valence-corrected chi connectivity index (χ4v) is 3.82. The Kier molecular flexibility index (Phi) is 4.66. The maximum absolute atomic E-state index is 12.7. The number of piperidine rings is 1. The number of aryl methyl sites for hydroxylation is 1. The third kappa shape index (κ3) is 3.32. The van der Waals surface area contributed by atoms with Crippen LogP contribution in [0, 0.1) is 6.92 Å². The lowest BCUT2D eigenvalue weighted by atomic mass is 10.0. The number of benzene rings is 1. The van der Waals surface area contributed by atoms with Gasteiger partial charge in [0.05, 0.1) is 22.4 Å². The number of hydrogen-bond donors (Lipinski definition) is 2. The van der Waals surface area contributed by atoms with Crippen molar-refractivity contribution in [2.45, 2.75) is 25.8 Å². The lowest BCUT2D eigenvalue weighted by Crippen LogP contribution is -2.46. The first-order valence-electron chi connectivity index (χ1n) is 8.93. The number of carbonyl (C=O) groups is 2. The van der Waals surface area contributed by atoms with Gasteiger partial charge in [-0.25, -0.2) is 0 Å². The molecule has 6 nitrogen and oxygen atoms in total. The van der Waals surface area contributed by atoms with E-state index in [1.807, 2.05) is 19.1 Å². The minimum atomic E-state index is -0.139. The number of nitrogens with one attached hydrogen (secondary N) is 2. The summed E-state index contributed by atoms with van der Waals surface area (Å²) in [5.41, 5.74) is 2.76. The van der Waals surface area contributed by atoms with Crippen LogP contribution in [0.4, 0.5) is 0 Å². The van der Waals surface area contributed by atoms with Gasteiger partial charge >= 0.3 is 0 Å². The number of aromatic amines is 1. The van der Waals surface area contributed by atoms with Crippen LogP contribution in [-0.2, 0) is 0 Å². The lowest BCUT2D eigenvalue weighted by molar-refractivity contribution is 0.0697. The summed E-state index contributed by atoms with van der Waals surface area (Å²) in [7, 11) is 0. The number of furan rings is 1. The number of H-pyrrole nitrogens is 1. The van der Waals surface area contributed by atoms with E-state index in [1.54, 1.807) is 17.0 Å². The van der Waals surface area contributed by atoms with Gasteiger partial charge < -0.3 is 19.6 Å². The summed E-state index contributed by atoms with van der Waals surface area (Å²) >= 11 is 6.22. The molecule has 1 aliphatic heterocycles. The Morgan fingerprint density at radius 2 is 2.04 bits per heavy atom. The minimum absolute atomic E-state index is 0.0327. The molecule has 1 fully saturated rings. The van der Waals surface area contributed by atoms with E-state index in [4.69, 9.17) is 16.0 Å². The largest absolute Gasteiger partial charge is 0.472 e. The average Bonchev–Trinajstić information content (AvgIpc) is 3.31. The fraction of sp³-hybridized carbons (Fsp3) is 0.300. The van der Waals surface area contributed by atoms with Gasteiger partial charge in [-0.05, 0) is 37.5 Å². The lowest BCUT2D eigenvalue weighted by Gasteiger charge is -2.32. The van der Waals surface area contributed by atoms with Crippen molar-refractivity contribution in [3.8, 4) is 0 Å². The second-order valence-electron chi connectivity index (χ2n) is 6.84. The number of rotatable bonds is 3. The van der Waals surface area contributed by atoms with Crippen LogP contribution >= 0.6 is 11.6 Å². The molecule has 3 heterocycles. The highest BCUT2D eigenvalue weighted by Crippen LogP contribution is 2.27. The topological polar surface area (TPSA) is 78.3 Å². The normalized spacial score (nSPS) is 15.3. The third-order valence-corrected chi connectivity index (χ3v) is 5.47. The van der Waals surface area contributed by atoms with Gasteiger partial charge in [0, 0.05) is 24.5 Å². The first kappa shape index (κ1) is 17.7. The van der Waals surface area contributed by atoms with Crippen molar-refractivity contribution in [1.82, 2.24) is 15.2 Å². The quantitative estimate of drug-likeness (QED) is 0.720. The standard InChI is InChI=1S/C20H20ClN3O3/c1-12-15-3-2-4-16(21)18(15)23-17(12)19(25)22-14-5-8-24(9-6-14)20(26)13-7-10-27-11-13/h2-4,7,10-11,14,23H,5-6,8-9H2,1H3,(H,22,25). The molecule has 2 aromatic heterocycles. The summed E-state index contributed by atoms with van der Waals surface area (Å²) in [6, 6.07) is 7.32. The van der Waals surface area contributed by atoms with Gasteiger partial charge in [0.15, 0.2) is 0 Å². The molecule has 0 aliphatic carbocycles. The number of fused-ring (bicyclic) bond motifs is 1. The van der Waals surface area contributed by atoms with Gasteiger partial charge in [0.1, 0.15) is 12.0 Å². The fourth-order valence-electron chi connectivity index (χ4n) is 3.60. The molecule has 140 valence electrons. The van der Waals surface area contributed by atoms with Crippen molar-refractivity contribution in [2.24, 2.45) is 0 Å². The van der Waals surface area contributed by atoms with Gasteiger partial charge in [-0.1, -0.05) is 23.7 Å². The van der Waals surface area contributed by atoms with Crippen LogP contribution < -0.4 is 5.32 Å². The maximum atomic E-state index is 12.7. The van der Waals surface area contributed by atoms with Gasteiger partial charge in [-0.3, -0.25) is 9.59 Å². The molecule has 2 N–H and O–H groups in total. The minimum Gasteiger partial charge on any atom is -0.472 e. The molecule has 1 saturated heterocycles. The number of nitrogens with zero attached hydrogens (tertiary/aromatic N) is 1. The molecule has 0 unspecified atom stereocenters. The van der Waals surface area contributed by atoms with Gasteiger partial charge in [-0.15, -0.1) is 0 Å². The molecular weight excluding hydrogens is 366 g/mol. The van der Waals surface area contributed by atoms with Crippen LogP contribution in [0.3, 0.4) is 0 Å². The summed E-state index contributed by atoms with van der Waals surface area (Å²) < 4.78 is 4.98.